The number of rotatable bonds is 8. The van der Waals surface area contributed by atoms with Gasteiger partial charge in [-0.15, -0.1) is 0 Å². The fraction of sp³-hybridized carbons (Fsp3) is 0.529. The van der Waals surface area contributed by atoms with E-state index < -0.39 is 0 Å². The Kier molecular flexibility index (Phi) is 7.67. The highest BCUT2D eigenvalue weighted by Crippen LogP contribution is 2.46. The van der Waals surface area contributed by atoms with Gasteiger partial charge in [0.15, 0.2) is 0 Å². The molecule has 2 atom stereocenters. The van der Waals surface area contributed by atoms with Crippen LogP contribution in [-0.4, -0.2) is 9.52 Å². The zero-order valence-electron chi connectivity index (χ0n) is 23.8. The second-order valence-corrected chi connectivity index (χ2v) is 13.7. The van der Waals surface area contributed by atoms with Crippen molar-refractivity contribution in [2.75, 3.05) is 0 Å². The Bertz CT molecular complexity index is 1060. The van der Waals surface area contributed by atoms with Crippen molar-refractivity contribution < 1.29 is 0 Å². The predicted molar refractivity (Wildman–Crippen MR) is 157 cm³/mol. The average molecular weight is 483 g/mol. The fourth-order valence-corrected chi connectivity index (χ4v) is 7.87. The van der Waals surface area contributed by atoms with Crippen LogP contribution in [0.25, 0.3) is 12.2 Å². The number of hydrogen-bond donors (Lipinski definition) is 0. The molecule has 0 amide bonds. The Morgan fingerprint density at radius 3 is 1.26 bits per heavy atom. The van der Waals surface area contributed by atoms with E-state index in [1.165, 1.54) is 34.3 Å². The topological polar surface area (TPSA) is 0 Å². The molecule has 0 saturated carbocycles. The van der Waals surface area contributed by atoms with Crippen molar-refractivity contribution in [3.63, 3.8) is 0 Å². The molecule has 35 heavy (non-hydrogen) atoms. The van der Waals surface area contributed by atoms with Gasteiger partial charge in [-0.25, -0.2) is 0 Å². The number of benzene rings is 2. The van der Waals surface area contributed by atoms with Crippen LogP contribution >= 0.6 is 0 Å². The van der Waals surface area contributed by atoms with Crippen molar-refractivity contribution in [2.45, 2.75) is 117 Å². The normalized spacial score (nSPS) is 19.1. The van der Waals surface area contributed by atoms with E-state index in [2.05, 4.69) is 106 Å². The molecule has 1 heteroatoms. The molecule has 4 rings (SSSR count). The summed E-state index contributed by atoms with van der Waals surface area (Å²) in [6, 6.07) is 12.6. The van der Waals surface area contributed by atoms with Gasteiger partial charge < -0.3 is 0 Å². The highest BCUT2D eigenvalue weighted by atomic mass is 28.2. The van der Waals surface area contributed by atoms with Crippen molar-refractivity contribution in [1.82, 2.24) is 0 Å². The average Bonchev–Trinajstić information content (AvgIpc) is 3.27. The largest absolute Gasteiger partial charge is 0.0655 e. The third kappa shape index (κ3) is 5.04. The maximum Gasteiger partial charge on any atom is 0.0397 e. The van der Waals surface area contributed by atoms with Gasteiger partial charge in [0.05, 0.1) is 0 Å². The quantitative estimate of drug-likeness (QED) is 0.328. The van der Waals surface area contributed by atoms with E-state index in [0.29, 0.717) is 35.5 Å². The van der Waals surface area contributed by atoms with Crippen LogP contribution in [0.5, 0.6) is 0 Å². The summed E-state index contributed by atoms with van der Waals surface area (Å²) >= 11 is 0. The van der Waals surface area contributed by atoms with Gasteiger partial charge >= 0.3 is 0 Å². The molecular weight excluding hydrogens is 436 g/mol. The summed E-state index contributed by atoms with van der Waals surface area (Å²) in [5.41, 5.74) is 15.5. The minimum Gasteiger partial charge on any atom is -0.0655 e. The van der Waals surface area contributed by atoms with Crippen molar-refractivity contribution in [3.8, 4) is 0 Å². The molecular formula is C34H46Si. The van der Waals surface area contributed by atoms with Gasteiger partial charge in [0.25, 0.3) is 0 Å². The Balaban J connectivity index is 1.57. The first-order chi connectivity index (χ1) is 16.5. The van der Waals surface area contributed by atoms with Crippen LogP contribution in [0.4, 0.5) is 0 Å². The molecule has 0 N–H and O–H groups in total. The molecule has 2 aliphatic rings. The van der Waals surface area contributed by atoms with E-state index in [-0.39, 0.29) is 0 Å². The molecule has 2 unspecified atom stereocenters. The first kappa shape index (κ1) is 26.2. The molecule has 0 heterocycles. The predicted octanol–water partition coefficient (Wildman–Crippen LogP) is 10.4. The standard InChI is InChI=1S/C34H46Si/c1-19(2)25-13-27(21(5)6)29-11-23(9)33(31(29)15-25)17-35-18-34-24(10)12-30-28(22(7)8)14-26(20(3)4)16-32(30)34/h11-16,19-22,33-34H,17-18H2,1-10H3. The van der Waals surface area contributed by atoms with Crippen LogP contribution in [-0.2, 0) is 0 Å². The summed E-state index contributed by atoms with van der Waals surface area (Å²) < 4.78 is 0. The van der Waals surface area contributed by atoms with Gasteiger partial charge in [-0.2, -0.15) is 0 Å². The van der Waals surface area contributed by atoms with E-state index in [0.717, 1.165) is 9.52 Å². The lowest BCUT2D eigenvalue weighted by molar-refractivity contribution is 0.811. The molecule has 0 bridgehead atoms. The van der Waals surface area contributed by atoms with Gasteiger partial charge in [-0.05, 0) is 82.0 Å². The summed E-state index contributed by atoms with van der Waals surface area (Å²) in [6.07, 6.45) is 5.01. The summed E-state index contributed by atoms with van der Waals surface area (Å²) in [4.78, 5) is 0. The highest BCUT2D eigenvalue weighted by Gasteiger charge is 2.29. The number of fused-ring (bicyclic) bond motifs is 2. The van der Waals surface area contributed by atoms with E-state index >= 15 is 0 Å². The van der Waals surface area contributed by atoms with Crippen LogP contribution in [0.1, 0.15) is 149 Å². The fourth-order valence-electron chi connectivity index (χ4n) is 6.04. The molecule has 2 aromatic rings. The summed E-state index contributed by atoms with van der Waals surface area (Å²) in [5, 5.41) is 0. The van der Waals surface area contributed by atoms with Crippen LogP contribution in [0.15, 0.2) is 35.4 Å². The van der Waals surface area contributed by atoms with Crippen LogP contribution < -0.4 is 0 Å². The number of allylic oxidation sites excluding steroid dienone is 2. The van der Waals surface area contributed by atoms with Gasteiger partial charge in [0.2, 0.25) is 0 Å². The van der Waals surface area contributed by atoms with E-state index in [4.69, 9.17) is 0 Å². The molecule has 0 saturated heterocycles. The second-order valence-electron chi connectivity index (χ2n) is 12.4. The highest BCUT2D eigenvalue weighted by molar-refractivity contribution is 6.36. The summed E-state index contributed by atoms with van der Waals surface area (Å²) in [6.45, 7) is 23.5. The van der Waals surface area contributed by atoms with Crippen molar-refractivity contribution in [2.24, 2.45) is 0 Å². The Morgan fingerprint density at radius 2 is 0.943 bits per heavy atom. The van der Waals surface area contributed by atoms with Gasteiger partial charge in [-0.1, -0.05) is 115 Å². The smallest absolute Gasteiger partial charge is 0.0397 e. The van der Waals surface area contributed by atoms with Crippen molar-refractivity contribution in [1.29, 1.82) is 0 Å². The minimum absolute atomic E-state index is 0.570. The molecule has 0 aliphatic heterocycles. The maximum absolute atomic E-state index is 2.54. The summed E-state index contributed by atoms with van der Waals surface area (Å²) in [7, 11) is 0.980. The Labute approximate surface area is 218 Å². The molecule has 0 nitrogen and oxygen atoms in total. The minimum atomic E-state index is 0.570. The second kappa shape index (κ2) is 10.2. The number of hydrogen-bond acceptors (Lipinski definition) is 0. The van der Waals surface area contributed by atoms with Crippen LogP contribution in [0.2, 0.25) is 12.1 Å². The van der Waals surface area contributed by atoms with E-state index in [9.17, 15) is 0 Å². The lowest BCUT2D eigenvalue weighted by Gasteiger charge is -2.22. The Hall–Kier alpha value is -1.86. The molecule has 0 aromatic heterocycles. The molecule has 2 aromatic carbocycles. The van der Waals surface area contributed by atoms with Gasteiger partial charge in [0, 0.05) is 21.4 Å². The molecule has 186 valence electrons. The third-order valence-electron chi connectivity index (χ3n) is 8.40. The van der Waals surface area contributed by atoms with E-state index in [1.807, 2.05) is 0 Å². The zero-order valence-corrected chi connectivity index (χ0v) is 24.8. The SMILES string of the molecule is CC1=Cc2c(C(C)C)cc(C(C)C)cc2C1C[Si]CC1C(C)=Cc2c(C(C)C)cc(C(C)C)cc21. The van der Waals surface area contributed by atoms with Crippen LogP contribution in [0, 0.1) is 0 Å². The molecule has 0 fully saturated rings. The van der Waals surface area contributed by atoms with Crippen LogP contribution in [0.3, 0.4) is 0 Å². The molecule has 0 spiro atoms. The monoisotopic (exact) mass is 482 g/mol. The third-order valence-corrected chi connectivity index (χ3v) is 9.79. The first-order valence-corrected chi connectivity index (χ1v) is 15.3. The Morgan fingerprint density at radius 1 is 0.571 bits per heavy atom. The molecule has 2 radical (unpaired) electrons. The van der Waals surface area contributed by atoms with E-state index in [1.54, 1.807) is 33.4 Å². The zero-order chi connectivity index (χ0) is 25.6. The molecule has 2 aliphatic carbocycles. The van der Waals surface area contributed by atoms with Crippen molar-refractivity contribution in [3.05, 3.63) is 79.9 Å². The summed E-state index contributed by atoms with van der Waals surface area (Å²) in [5.74, 6) is 3.49. The lowest BCUT2D eigenvalue weighted by Crippen LogP contribution is -2.09. The lowest BCUT2D eigenvalue weighted by atomic mass is 9.87. The van der Waals surface area contributed by atoms with Crippen molar-refractivity contribution >= 4 is 21.7 Å². The van der Waals surface area contributed by atoms with Gasteiger partial charge in [0.1, 0.15) is 0 Å². The van der Waals surface area contributed by atoms with Gasteiger partial charge in [-0.3, -0.25) is 0 Å². The maximum atomic E-state index is 2.54. The first-order valence-electron chi connectivity index (χ1n) is 13.9.